The Bertz CT molecular complexity index is 1380. The van der Waals surface area contributed by atoms with Crippen LogP contribution < -0.4 is 27.2 Å². The molecule has 0 saturated carbocycles. The lowest BCUT2D eigenvalue weighted by atomic mass is 10.2. The third-order valence-electron chi connectivity index (χ3n) is 5.60. The SMILES string of the molecule is Nc1c(N(CC(=O)NCc2ccccc2)Cc2ccccc2)c(=O)[nH]c(=O)n1Cc1ccccc1. The van der Waals surface area contributed by atoms with Gasteiger partial charge in [-0.05, 0) is 16.7 Å². The third-order valence-corrected chi connectivity index (χ3v) is 5.60. The second kappa shape index (κ2) is 11.0. The van der Waals surface area contributed by atoms with Gasteiger partial charge in [0, 0.05) is 13.1 Å². The van der Waals surface area contributed by atoms with Gasteiger partial charge in [-0.25, -0.2) is 4.79 Å². The maximum atomic E-state index is 12.9. The molecule has 1 heterocycles. The molecule has 1 amide bonds. The van der Waals surface area contributed by atoms with Crippen molar-refractivity contribution in [2.45, 2.75) is 19.6 Å². The fourth-order valence-corrected chi connectivity index (χ4v) is 3.85. The largest absolute Gasteiger partial charge is 0.383 e. The van der Waals surface area contributed by atoms with Crippen LogP contribution in [-0.2, 0) is 24.4 Å². The molecule has 1 aromatic heterocycles. The summed E-state index contributed by atoms with van der Waals surface area (Å²) in [6.07, 6.45) is 0. The molecule has 0 radical (unpaired) electrons. The summed E-state index contributed by atoms with van der Waals surface area (Å²) in [7, 11) is 0. The van der Waals surface area contributed by atoms with E-state index in [2.05, 4.69) is 10.3 Å². The Hall–Kier alpha value is -4.59. The van der Waals surface area contributed by atoms with Crippen LogP contribution in [0.4, 0.5) is 11.5 Å². The van der Waals surface area contributed by atoms with Crippen LogP contribution in [0, 0.1) is 0 Å². The molecule has 0 aliphatic carbocycles. The van der Waals surface area contributed by atoms with Crippen molar-refractivity contribution in [2.75, 3.05) is 17.2 Å². The molecule has 0 aliphatic rings. The first-order chi connectivity index (χ1) is 17.0. The van der Waals surface area contributed by atoms with Crippen LogP contribution in [0.15, 0.2) is 101 Å². The smallest absolute Gasteiger partial charge is 0.330 e. The lowest BCUT2D eigenvalue weighted by molar-refractivity contribution is -0.119. The lowest BCUT2D eigenvalue weighted by Gasteiger charge is -2.26. The number of hydrogen-bond acceptors (Lipinski definition) is 5. The van der Waals surface area contributed by atoms with Crippen LogP contribution in [-0.4, -0.2) is 22.0 Å². The standard InChI is InChI=1S/C27H27N5O3/c28-25-24(26(34)30-27(35)32(25)18-22-14-8-3-9-15-22)31(17-21-12-6-2-7-13-21)19-23(33)29-16-20-10-4-1-5-11-20/h1-15H,16-19,28H2,(H,29,33)(H,30,34,35). The normalized spacial score (nSPS) is 10.6. The van der Waals surface area contributed by atoms with Crippen molar-refractivity contribution >= 4 is 17.4 Å². The average Bonchev–Trinajstić information content (AvgIpc) is 2.87. The van der Waals surface area contributed by atoms with Crippen molar-refractivity contribution in [1.29, 1.82) is 0 Å². The number of nitrogen functional groups attached to an aromatic ring is 1. The number of amides is 1. The second-order valence-electron chi connectivity index (χ2n) is 8.17. The first-order valence-corrected chi connectivity index (χ1v) is 11.3. The zero-order valence-corrected chi connectivity index (χ0v) is 19.2. The van der Waals surface area contributed by atoms with Gasteiger partial charge in [0.2, 0.25) is 5.91 Å². The lowest BCUT2D eigenvalue weighted by Crippen LogP contribution is -2.42. The minimum atomic E-state index is -0.636. The number of nitrogens with two attached hydrogens (primary N) is 1. The number of nitrogens with one attached hydrogen (secondary N) is 2. The molecule has 0 saturated heterocycles. The van der Waals surface area contributed by atoms with Crippen molar-refractivity contribution in [1.82, 2.24) is 14.9 Å². The van der Waals surface area contributed by atoms with E-state index in [1.165, 1.54) is 4.57 Å². The number of benzene rings is 3. The first-order valence-electron chi connectivity index (χ1n) is 11.3. The Morgan fingerprint density at radius 1 is 0.829 bits per heavy atom. The van der Waals surface area contributed by atoms with Crippen molar-refractivity contribution in [3.63, 3.8) is 0 Å². The van der Waals surface area contributed by atoms with Crippen molar-refractivity contribution in [2.24, 2.45) is 0 Å². The monoisotopic (exact) mass is 469 g/mol. The number of aromatic amines is 1. The van der Waals surface area contributed by atoms with Gasteiger partial charge in [-0.15, -0.1) is 0 Å². The molecule has 35 heavy (non-hydrogen) atoms. The molecule has 4 N–H and O–H groups in total. The van der Waals surface area contributed by atoms with Gasteiger partial charge in [0.15, 0.2) is 0 Å². The molecule has 0 fully saturated rings. The highest BCUT2D eigenvalue weighted by molar-refractivity contribution is 5.82. The number of carbonyl (C=O) groups excluding carboxylic acids is 1. The molecule has 0 spiro atoms. The van der Waals surface area contributed by atoms with E-state index in [0.717, 1.165) is 16.7 Å². The van der Waals surface area contributed by atoms with E-state index in [9.17, 15) is 14.4 Å². The summed E-state index contributed by atoms with van der Waals surface area (Å²) in [5.74, 6) is -0.265. The van der Waals surface area contributed by atoms with Crippen LogP contribution in [0.5, 0.6) is 0 Å². The fourth-order valence-electron chi connectivity index (χ4n) is 3.85. The van der Waals surface area contributed by atoms with E-state index in [4.69, 9.17) is 5.73 Å². The summed E-state index contributed by atoms with van der Waals surface area (Å²) in [4.78, 5) is 42.4. The molecule has 0 atom stereocenters. The second-order valence-corrected chi connectivity index (χ2v) is 8.17. The van der Waals surface area contributed by atoms with Crippen LogP contribution in [0.2, 0.25) is 0 Å². The average molecular weight is 470 g/mol. The van der Waals surface area contributed by atoms with Crippen LogP contribution in [0.1, 0.15) is 16.7 Å². The zero-order valence-electron chi connectivity index (χ0n) is 19.2. The van der Waals surface area contributed by atoms with Gasteiger partial charge < -0.3 is 16.0 Å². The molecule has 8 heteroatoms. The van der Waals surface area contributed by atoms with Crippen LogP contribution >= 0.6 is 0 Å². The Morgan fingerprint density at radius 2 is 1.37 bits per heavy atom. The quantitative estimate of drug-likeness (QED) is 0.349. The van der Waals surface area contributed by atoms with Crippen LogP contribution in [0.3, 0.4) is 0 Å². The minimum absolute atomic E-state index is 0.00870. The molecule has 4 aromatic rings. The van der Waals surface area contributed by atoms with Gasteiger partial charge in [-0.2, -0.15) is 0 Å². The van der Waals surface area contributed by atoms with Gasteiger partial charge in [-0.3, -0.25) is 19.1 Å². The third kappa shape index (κ3) is 6.05. The molecule has 0 bridgehead atoms. The zero-order chi connectivity index (χ0) is 24.6. The van der Waals surface area contributed by atoms with Gasteiger partial charge in [0.05, 0.1) is 13.1 Å². The van der Waals surface area contributed by atoms with E-state index >= 15 is 0 Å². The van der Waals surface area contributed by atoms with Crippen molar-refractivity contribution in [3.05, 3.63) is 129 Å². The first kappa shape index (κ1) is 23.6. The molecular weight excluding hydrogens is 442 g/mol. The number of H-pyrrole nitrogens is 1. The Morgan fingerprint density at radius 3 is 1.97 bits per heavy atom. The van der Waals surface area contributed by atoms with Crippen molar-refractivity contribution in [3.8, 4) is 0 Å². The summed E-state index contributed by atoms with van der Waals surface area (Å²) in [6, 6.07) is 28.4. The van der Waals surface area contributed by atoms with E-state index in [-0.39, 0.29) is 37.0 Å². The maximum absolute atomic E-state index is 12.9. The molecule has 0 unspecified atom stereocenters. The summed E-state index contributed by atoms with van der Waals surface area (Å²) >= 11 is 0. The summed E-state index contributed by atoms with van der Waals surface area (Å²) in [5, 5.41) is 2.89. The summed E-state index contributed by atoms with van der Waals surface area (Å²) in [5.41, 5.74) is 7.95. The van der Waals surface area contributed by atoms with Gasteiger partial charge in [0.25, 0.3) is 5.56 Å². The summed E-state index contributed by atoms with van der Waals surface area (Å²) in [6.45, 7) is 0.696. The Kier molecular flexibility index (Phi) is 7.42. The minimum Gasteiger partial charge on any atom is -0.383 e. The highest BCUT2D eigenvalue weighted by Gasteiger charge is 2.21. The summed E-state index contributed by atoms with van der Waals surface area (Å²) < 4.78 is 1.31. The van der Waals surface area contributed by atoms with Gasteiger partial charge in [-0.1, -0.05) is 91.0 Å². The van der Waals surface area contributed by atoms with Crippen LogP contribution in [0.25, 0.3) is 0 Å². The van der Waals surface area contributed by atoms with Gasteiger partial charge in [0.1, 0.15) is 11.5 Å². The highest BCUT2D eigenvalue weighted by atomic mass is 16.2. The van der Waals surface area contributed by atoms with E-state index in [1.807, 2.05) is 91.0 Å². The van der Waals surface area contributed by atoms with Crippen molar-refractivity contribution < 1.29 is 4.79 Å². The topological polar surface area (TPSA) is 113 Å². The fraction of sp³-hybridized carbons (Fsp3) is 0.148. The van der Waals surface area contributed by atoms with E-state index < -0.39 is 11.2 Å². The molecule has 178 valence electrons. The highest BCUT2D eigenvalue weighted by Crippen LogP contribution is 2.20. The molecule has 0 aliphatic heterocycles. The Labute approximate surface area is 202 Å². The number of carbonyl (C=O) groups is 1. The van der Waals surface area contributed by atoms with E-state index in [0.29, 0.717) is 6.54 Å². The predicted molar refractivity (Wildman–Crippen MR) is 137 cm³/mol. The Balaban J connectivity index is 1.65. The molecule has 4 rings (SSSR count). The number of aromatic nitrogens is 2. The molecular formula is C27H27N5O3. The number of anilines is 2. The predicted octanol–water partition coefficient (Wildman–Crippen LogP) is 2.49. The van der Waals surface area contributed by atoms with Gasteiger partial charge >= 0.3 is 5.69 Å². The van der Waals surface area contributed by atoms with E-state index in [1.54, 1.807) is 4.90 Å². The molecule has 8 nitrogen and oxygen atoms in total. The number of rotatable bonds is 9. The maximum Gasteiger partial charge on any atom is 0.330 e. The number of nitrogens with zero attached hydrogens (tertiary/aromatic N) is 2. The molecule has 3 aromatic carbocycles. The number of hydrogen-bond donors (Lipinski definition) is 3.